The average molecular weight is 277 g/mol. The summed E-state index contributed by atoms with van der Waals surface area (Å²) in [5.74, 6) is 0. The van der Waals surface area contributed by atoms with Gasteiger partial charge in [-0.05, 0) is 11.6 Å². The van der Waals surface area contributed by atoms with Crippen molar-refractivity contribution >= 4 is 22.9 Å². The van der Waals surface area contributed by atoms with Crippen molar-refractivity contribution in [2.75, 3.05) is 0 Å². The van der Waals surface area contributed by atoms with Gasteiger partial charge >= 0.3 is 0 Å². The molecule has 0 aliphatic carbocycles. The first kappa shape index (κ1) is 11.4. The summed E-state index contributed by atoms with van der Waals surface area (Å²) in [6.07, 6.45) is 3.63. The lowest BCUT2D eigenvalue weighted by Gasteiger charge is -2.02. The van der Waals surface area contributed by atoms with Crippen LogP contribution in [0.4, 0.5) is 0 Å². The molecule has 1 aromatic carbocycles. The largest absolute Gasteiger partial charge is 0.247 e. The highest BCUT2D eigenvalue weighted by Gasteiger charge is 2.07. The van der Waals surface area contributed by atoms with Crippen LogP contribution >= 0.6 is 22.9 Å². The molecule has 0 spiro atoms. The molecule has 18 heavy (non-hydrogen) atoms. The van der Waals surface area contributed by atoms with Crippen molar-refractivity contribution in [3.63, 3.8) is 0 Å². The Hall–Kier alpha value is -1.72. The van der Waals surface area contributed by atoms with Gasteiger partial charge in [0.15, 0.2) is 0 Å². The van der Waals surface area contributed by atoms with Crippen LogP contribution in [0, 0.1) is 0 Å². The third-order valence-electron chi connectivity index (χ3n) is 2.48. The summed E-state index contributed by atoms with van der Waals surface area (Å²) in [7, 11) is 0. The van der Waals surface area contributed by atoms with Gasteiger partial charge in [0.05, 0.1) is 12.7 Å². The Labute approximate surface area is 113 Å². The van der Waals surface area contributed by atoms with Crippen LogP contribution < -0.4 is 0 Å². The summed E-state index contributed by atoms with van der Waals surface area (Å²) in [6, 6.07) is 7.72. The van der Waals surface area contributed by atoms with Crippen LogP contribution in [0.1, 0.15) is 5.56 Å². The molecule has 0 N–H and O–H groups in total. The molecule has 90 valence electrons. The van der Waals surface area contributed by atoms with Crippen molar-refractivity contribution in [1.29, 1.82) is 0 Å². The zero-order valence-corrected chi connectivity index (χ0v) is 10.9. The molecule has 0 atom stereocenters. The molecule has 2 heterocycles. The average Bonchev–Trinajstić information content (AvgIpc) is 3.02. The first-order valence-corrected chi connectivity index (χ1v) is 6.62. The van der Waals surface area contributed by atoms with Gasteiger partial charge in [-0.3, -0.25) is 0 Å². The van der Waals surface area contributed by atoms with Crippen molar-refractivity contribution in [3.8, 4) is 10.7 Å². The maximum Gasteiger partial charge on any atom is 0.145 e. The summed E-state index contributed by atoms with van der Waals surface area (Å²) in [5.41, 5.74) is 1.81. The van der Waals surface area contributed by atoms with Gasteiger partial charge in [0.25, 0.3) is 0 Å². The van der Waals surface area contributed by atoms with Crippen molar-refractivity contribution in [3.05, 3.63) is 52.6 Å². The normalized spacial score (nSPS) is 10.7. The molecule has 0 aliphatic heterocycles. The number of benzene rings is 1. The molecule has 3 aromatic rings. The Bertz CT molecular complexity index is 648. The highest BCUT2D eigenvalue weighted by atomic mass is 35.5. The number of nitrogens with zero attached hydrogens (tertiary/aromatic N) is 4. The van der Waals surface area contributed by atoms with E-state index in [-0.39, 0.29) is 0 Å². The second kappa shape index (κ2) is 4.88. The van der Waals surface area contributed by atoms with E-state index >= 15 is 0 Å². The molecule has 0 bridgehead atoms. The van der Waals surface area contributed by atoms with E-state index in [0.29, 0.717) is 6.54 Å². The monoisotopic (exact) mass is 276 g/mol. The van der Waals surface area contributed by atoms with Crippen molar-refractivity contribution in [2.24, 2.45) is 0 Å². The van der Waals surface area contributed by atoms with E-state index in [1.165, 1.54) is 0 Å². The van der Waals surface area contributed by atoms with E-state index in [1.54, 1.807) is 22.2 Å². The van der Waals surface area contributed by atoms with Gasteiger partial charge in [-0.2, -0.15) is 0 Å². The van der Waals surface area contributed by atoms with Crippen molar-refractivity contribution in [2.45, 2.75) is 6.54 Å². The molecule has 0 aliphatic rings. The van der Waals surface area contributed by atoms with E-state index in [1.807, 2.05) is 35.8 Å². The first-order chi connectivity index (χ1) is 8.83. The quantitative estimate of drug-likeness (QED) is 0.738. The fourth-order valence-corrected chi connectivity index (χ4v) is 2.41. The molecule has 0 saturated heterocycles. The minimum Gasteiger partial charge on any atom is -0.247 e. The maximum atomic E-state index is 6.11. The Balaban J connectivity index is 1.85. The molecule has 0 saturated carbocycles. The summed E-state index contributed by atoms with van der Waals surface area (Å²) >= 11 is 7.65. The van der Waals surface area contributed by atoms with Crippen LogP contribution in [0.5, 0.6) is 0 Å². The Morgan fingerprint density at radius 1 is 1.28 bits per heavy atom. The van der Waals surface area contributed by atoms with Gasteiger partial charge in [-0.15, -0.1) is 16.4 Å². The predicted octanol–water partition coefficient (Wildman–Crippen LogP) is 3.10. The van der Waals surface area contributed by atoms with Gasteiger partial charge in [-0.25, -0.2) is 9.67 Å². The molecule has 0 fully saturated rings. The van der Waals surface area contributed by atoms with E-state index in [2.05, 4.69) is 15.3 Å². The van der Waals surface area contributed by atoms with Crippen LogP contribution in [-0.2, 0) is 6.54 Å². The first-order valence-electron chi connectivity index (χ1n) is 5.36. The Morgan fingerprint density at radius 2 is 2.17 bits per heavy atom. The molecule has 0 unspecified atom stereocenters. The summed E-state index contributed by atoms with van der Waals surface area (Å²) in [4.78, 5) is 4.20. The number of hydrogen-bond donors (Lipinski definition) is 0. The van der Waals surface area contributed by atoms with E-state index in [9.17, 15) is 0 Å². The smallest absolute Gasteiger partial charge is 0.145 e. The van der Waals surface area contributed by atoms with Crippen molar-refractivity contribution < 1.29 is 0 Å². The summed E-state index contributed by atoms with van der Waals surface area (Å²) in [5, 5.41) is 11.7. The van der Waals surface area contributed by atoms with E-state index in [0.717, 1.165) is 21.3 Å². The third-order valence-corrected chi connectivity index (χ3v) is 3.64. The summed E-state index contributed by atoms with van der Waals surface area (Å²) < 4.78 is 1.76. The molecular weight excluding hydrogens is 268 g/mol. The van der Waals surface area contributed by atoms with Gasteiger partial charge in [0, 0.05) is 16.6 Å². The van der Waals surface area contributed by atoms with E-state index < -0.39 is 0 Å². The zero-order chi connectivity index (χ0) is 12.4. The van der Waals surface area contributed by atoms with Crippen LogP contribution in [0.3, 0.4) is 0 Å². The molecule has 3 rings (SSSR count). The maximum absolute atomic E-state index is 6.11. The minimum atomic E-state index is 0.609. The third kappa shape index (κ3) is 2.27. The van der Waals surface area contributed by atoms with E-state index in [4.69, 9.17) is 11.6 Å². The summed E-state index contributed by atoms with van der Waals surface area (Å²) in [6.45, 7) is 0.609. The molecular formula is C12H9ClN4S. The lowest BCUT2D eigenvalue weighted by Crippen LogP contribution is -2.00. The lowest BCUT2D eigenvalue weighted by molar-refractivity contribution is 0.650. The van der Waals surface area contributed by atoms with Gasteiger partial charge < -0.3 is 0 Å². The fourth-order valence-electron chi connectivity index (χ4n) is 1.62. The van der Waals surface area contributed by atoms with Crippen LogP contribution in [0.25, 0.3) is 10.7 Å². The lowest BCUT2D eigenvalue weighted by atomic mass is 10.2. The van der Waals surface area contributed by atoms with Gasteiger partial charge in [0.1, 0.15) is 10.7 Å². The SMILES string of the molecule is Clc1ccccc1Cn1cc(-c2nccs2)nn1. The molecule has 0 radical (unpaired) electrons. The topological polar surface area (TPSA) is 43.6 Å². The van der Waals surface area contributed by atoms with Crippen molar-refractivity contribution in [1.82, 2.24) is 20.0 Å². The standard InChI is InChI=1S/C12H9ClN4S/c13-10-4-2-1-3-9(10)7-17-8-11(15-16-17)12-14-5-6-18-12/h1-6,8H,7H2. The number of hydrogen-bond acceptors (Lipinski definition) is 4. The Morgan fingerprint density at radius 3 is 2.94 bits per heavy atom. The molecule has 6 heteroatoms. The highest BCUT2D eigenvalue weighted by Crippen LogP contribution is 2.20. The fraction of sp³-hybridized carbons (Fsp3) is 0.0833. The number of thiazole rings is 1. The minimum absolute atomic E-state index is 0.609. The van der Waals surface area contributed by atoms with Gasteiger partial charge in [0.2, 0.25) is 0 Å². The number of rotatable bonds is 3. The number of halogens is 1. The zero-order valence-electron chi connectivity index (χ0n) is 9.32. The number of aromatic nitrogens is 4. The van der Waals surface area contributed by atoms with Gasteiger partial charge in [-0.1, -0.05) is 35.0 Å². The molecule has 0 amide bonds. The van der Waals surface area contributed by atoms with Crippen LogP contribution in [-0.4, -0.2) is 20.0 Å². The second-order valence-electron chi connectivity index (χ2n) is 3.73. The molecule has 4 nitrogen and oxygen atoms in total. The predicted molar refractivity (Wildman–Crippen MR) is 71.7 cm³/mol. The van der Waals surface area contributed by atoms with Crippen LogP contribution in [0.15, 0.2) is 42.0 Å². The highest BCUT2D eigenvalue weighted by molar-refractivity contribution is 7.13. The second-order valence-corrected chi connectivity index (χ2v) is 5.03. The Kier molecular flexibility index (Phi) is 3.08. The molecule has 2 aromatic heterocycles. The van der Waals surface area contributed by atoms with Crippen LogP contribution in [0.2, 0.25) is 5.02 Å².